The van der Waals surface area contributed by atoms with Crippen molar-refractivity contribution in [3.8, 4) is 0 Å². The highest BCUT2D eigenvalue weighted by Crippen LogP contribution is 2.37. The van der Waals surface area contributed by atoms with Gasteiger partial charge >= 0.3 is 0 Å². The number of aromatic nitrogens is 2. The van der Waals surface area contributed by atoms with Gasteiger partial charge in [-0.05, 0) is 63.5 Å². The molecule has 1 saturated carbocycles. The summed E-state index contributed by atoms with van der Waals surface area (Å²) in [5, 5.41) is 17.9. The molecular formula is C16H26F2N4O. The molecule has 1 saturated heterocycles. The van der Waals surface area contributed by atoms with Crippen molar-refractivity contribution in [3.63, 3.8) is 0 Å². The molecule has 0 amide bonds. The van der Waals surface area contributed by atoms with Crippen molar-refractivity contribution in [3.05, 3.63) is 11.9 Å². The first-order chi connectivity index (χ1) is 11.1. The Kier molecular flexibility index (Phi) is 5.16. The van der Waals surface area contributed by atoms with Crippen LogP contribution in [0.4, 0.5) is 14.5 Å². The summed E-state index contributed by atoms with van der Waals surface area (Å²) in [5.41, 5.74) is 5.36. The van der Waals surface area contributed by atoms with E-state index in [0.29, 0.717) is 11.8 Å². The molecule has 7 heteroatoms. The van der Waals surface area contributed by atoms with Crippen LogP contribution < -0.4 is 11.1 Å². The predicted molar refractivity (Wildman–Crippen MR) is 84.2 cm³/mol. The van der Waals surface area contributed by atoms with Crippen LogP contribution in [0.5, 0.6) is 0 Å². The molecule has 0 bridgehead atoms. The molecule has 130 valence electrons. The maximum Gasteiger partial charge on any atom is 0.284 e. The summed E-state index contributed by atoms with van der Waals surface area (Å²) in [4.78, 5) is 0. The molecule has 1 atom stereocenters. The quantitative estimate of drug-likeness (QED) is 0.794. The van der Waals surface area contributed by atoms with Crippen LogP contribution in [0.1, 0.15) is 56.7 Å². The second kappa shape index (κ2) is 7.13. The molecule has 1 aromatic rings. The predicted octanol–water partition coefficient (Wildman–Crippen LogP) is 2.49. The Morgan fingerprint density at radius 1 is 1.13 bits per heavy atom. The molecule has 3 rings (SSSR count). The molecule has 2 heterocycles. The van der Waals surface area contributed by atoms with Crippen molar-refractivity contribution >= 4 is 5.69 Å². The zero-order valence-corrected chi connectivity index (χ0v) is 13.3. The zero-order chi connectivity index (χ0) is 16.4. The average molecular weight is 328 g/mol. The molecule has 0 spiro atoms. The molecule has 1 aliphatic heterocycles. The number of hydrogen-bond acceptors (Lipinski definition) is 4. The van der Waals surface area contributed by atoms with Crippen LogP contribution in [0, 0.1) is 11.8 Å². The standard InChI is InChI=1S/C16H26F2N4O/c17-16(18)14-13(19)9-22(21-14)12-3-1-10(2-4-12)15(23)11-5-7-20-8-6-11/h9-12,15-16,20,23H,1-8,19H2. The first kappa shape index (κ1) is 16.6. The summed E-state index contributed by atoms with van der Waals surface area (Å²) in [7, 11) is 0. The molecule has 0 aromatic carbocycles. The number of hydrogen-bond donors (Lipinski definition) is 3. The van der Waals surface area contributed by atoms with Crippen LogP contribution in [0.25, 0.3) is 0 Å². The zero-order valence-electron chi connectivity index (χ0n) is 13.3. The maximum absolute atomic E-state index is 12.8. The fourth-order valence-corrected chi connectivity index (χ4v) is 4.05. The Bertz CT molecular complexity index is 508. The van der Waals surface area contributed by atoms with E-state index in [-0.39, 0.29) is 23.5 Å². The molecule has 1 aliphatic carbocycles. The number of nitrogen functional groups attached to an aromatic ring is 1. The highest BCUT2D eigenvalue weighted by Gasteiger charge is 2.33. The molecule has 1 aromatic heterocycles. The van der Waals surface area contributed by atoms with Gasteiger partial charge in [0.25, 0.3) is 6.43 Å². The van der Waals surface area contributed by atoms with E-state index in [9.17, 15) is 13.9 Å². The van der Waals surface area contributed by atoms with Crippen molar-refractivity contribution in [2.24, 2.45) is 11.8 Å². The van der Waals surface area contributed by atoms with Crippen LogP contribution in [-0.2, 0) is 0 Å². The van der Waals surface area contributed by atoms with E-state index >= 15 is 0 Å². The summed E-state index contributed by atoms with van der Waals surface area (Å²) < 4.78 is 27.2. The minimum absolute atomic E-state index is 0.0665. The Hall–Kier alpha value is -1.21. The minimum atomic E-state index is -2.63. The van der Waals surface area contributed by atoms with E-state index in [2.05, 4.69) is 10.4 Å². The second-order valence-corrected chi connectivity index (χ2v) is 6.90. The highest BCUT2D eigenvalue weighted by molar-refractivity contribution is 5.41. The van der Waals surface area contributed by atoms with Crippen LogP contribution in [0.15, 0.2) is 6.20 Å². The number of aliphatic hydroxyl groups excluding tert-OH is 1. The van der Waals surface area contributed by atoms with Gasteiger partial charge in [0.15, 0.2) is 5.69 Å². The number of nitrogens with two attached hydrogens (primary N) is 1. The Morgan fingerprint density at radius 2 is 1.74 bits per heavy atom. The van der Waals surface area contributed by atoms with E-state index in [1.54, 1.807) is 4.68 Å². The molecule has 0 radical (unpaired) electrons. The van der Waals surface area contributed by atoms with Gasteiger partial charge in [0.2, 0.25) is 0 Å². The lowest BCUT2D eigenvalue weighted by Gasteiger charge is -2.36. The third-order valence-electron chi connectivity index (χ3n) is 5.46. The van der Waals surface area contributed by atoms with Gasteiger partial charge in [-0.3, -0.25) is 4.68 Å². The fourth-order valence-electron chi connectivity index (χ4n) is 4.05. The normalized spacial score (nSPS) is 28.2. The van der Waals surface area contributed by atoms with Crippen LogP contribution in [0.3, 0.4) is 0 Å². The summed E-state index contributed by atoms with van der Waals surface area (Å²) >= 11 is 0. The number of halogens is 2. The van der Waals surface area contributed by atoms with Crippen molar-refractivity contribution in [1.82, 2.24) is 15.1 Å². The minimum Gasteiger partial charge on any atom is -0.396 e. The van der Waals surface area contributed by atoms with Gasteiger partial charge in [-0.25, -0.2) is 8.78 Å². The topological polar surface area (TPSA) is 76.1 Å². The third-order valence-corrected chi connectivity index (χ3v) is 5.46. The number of piperidine rings is 1. The first-order valence-corrected chi connectivity index (χ1v) is 8.57. The van der Waals surface area contributed by atoms with Gasteiger partial charge in [0, 0.05) is 6.20 Å². The number of nitrogens with zero attached hydrogens (tertiary/aromatic N) is 2. The van der Waals surface area contributed by atoms with E-state index in [1.165, 1.54) is 6.20 Å². The van der Waals surface area contributed by atoms with E-state index in [1.807, 2.05) is 0 Å². The van der Waals surface area contributed by atoms with Gasteiger partial charge in [0.05, 0.1) is 17.8 Å². The van der Waals surface area contributed by atoms with Gasteiger partial charge in [-0.15, -0.1) is 0 Å². The summed E-state index contributed by atoms with van der Waals surface area (Å²) in [6, 6.07) is 0.112. The van der Waals surface area contributed by atoms with Crippen LogP contribution >= 0.6 is 0 Å². The molecule has 4 N–H and O–H groups in total. The van der Waals surface area contributed by atoms with Crippen molar-refractivity contribution in [1.29, 1.82) is 0 Å². The Balaban J connectivity index is 1.56. The van der Waals surface area contributed by atoms with Crippen LogP contribution in [-0.4, -0.2) is 34.1 Å². The average Bonchev–Trinajstić information content (AvgIpc) is 2.97. The Morgan fingerprint density at radius 3 is 2.30 bits per heavy atom. The number of alkyl halides is 2. The largest absolute Gasteiger partial charge is 0.396 e. The van der Waals surface area contributed by atoms with Crippen molar-refractivity contribution in [2.45, 2.75) is 57.1 Å². The number of aliphatic hydroxyl groups is 1. The summed E-state index contributed by atoms with van der Waals surface area (Å²) in [6.07, 6.45) is 4.27. The smallest absolute Gasteiger partial charge is 0.284 e. The lowest BCUT2D eigenvalue weighted by molar-refractivity contribution is 0.0148. The number of nitrogens with one attached hydrogen (secondary N) is 1. The van der Waals surface area contributed by atoms with E-state index in [4.69, 9.17) is 5.73 Å². The highest BCUT2D eigenvalue weighted by atomic mass is 19.3. The van der Waals surface area contributed by atoms with Gasteiger partial charge in [0.1, 0.15) is 0 Å². The summed E-state index contributed by atoms with van der Waals surface area (Å²) in [6.45, 7) is 1.97. The molecule has 23 heavy (non-hydrogen) atoms. The first-order valence-electron chi connectivity index (χ1n) is 8.57. The monoisotopic (exact) mass is 328 g/mol. The van der Waals surface area contributed by atoms with E-state index in [0.717, 1.165) is 51.6 Å². The lowest BCUT2D eigenvalue weighted by atomic mass is 9.76. The summed E-state index contributed by atoms with van der Waals surface area (Å²) in [5.74, 6) is 0.709. The van der Waals surface area contributed by atoms with Crippen molar-refractivity contribution < 1.29 is 13.9 Å². The molecule has 5 nitrogen and oxygen atoms in total. The Labute approximate surface area is 135 Å². The van der Waals surface area contributed by atoms with Crippen LogP contribution in [0.2, 0.25) is 0 Å². The maximum atomic E-state index is 12.8. The molecule has 2 aliphatic rings. The molecular weight excluding hydrogens is 302 g/mol. The number of rotatable bonds is 4. The lowest BCUT2D eigenvalue weighted by Crippen LogP contribution is -2.39. The third kappa shape index (κ3) is 3.66. The van der Waals surface area contributed by atoms with Gasteiger partial charge < -0.3 is 16.2 Å². The second-order valence-electron chi connectivity index (χ2n) is 6.90. The van der Waals surface area contributed by atoms with Gasteiger partial charge in [-0.2, -0.15) is 5.10 Å². The van der Waals surface area contributed by atoms with Gasteiger partial charge in [-0.1, -0.05) is 0 Å². The number of anilines is 1. The molecule has 2 fully saturated rings. The SMILES string of the molecule is Nc1cn(C2CCC(C(O)C3CCNCC3)CC2)nc1C(F)F. The molecule has 1 unspecified atom stereocenters. The van der Waals surface area contributed by atoms with E-state index < -0.39 is 6.43 Å². The van der Waals surface area contributed by atoms with Crippen molar-refractivity contribution in [2.75, 3.05) is 18.8 Å². The fraction of sp³-hybridized carbons (Fsp3) is 0.812.